The predicted octanol–water partition coefficient (Wildman–Crippen LogP) is 1.84. The molecular formula is C28H30N4O4. The Morgan fingerprint density at radius 3 is 2.36 bits per heavy atom. The van der Waals surface area contributed by atoms with Gasteiger partial charge in [0.15, 0.2) is 0 Å². The van der Waals surface area contributed by atoms with E-state index in [0.29, 0.717) is 38.8 Å². The van der Waals surface area contributed by atoms with E-state index in [4.69, 9.17) is 0 Å². The van der Waals surface area contributed by atoms with E-state index in [1.807, 2.05) is 61.5 Å². The summed E-state index contributed by atoms with van der Waals surface area (Å²) in [5.41, 5.74) is 1.26. The van der Waals surface area contributed by atoms with E-state index in [9.17, 15) is 19.2 Å². The summed E-state index contributed by atoms with van der Waals surface area (Å²) >= 11 is 0. The monoisotopic (exact) mass is 486 g/mol. The van der Waals surface area contributed by atoms with Gasteiger partial charge in [-0.25, -0.2) is 0 Å². The second-order valence-electron chi connectivity index (χ2n) is 10.6. The van der Waals surface area contributed by atoms with Gasteiger partial charge in [0.1, 0.15) is 17.1 Å². The number of carbonyl (C=O) groups is 4. The van der Waals surface area contributed by atoms with Gasteiger partial charge in [-0.1, -0.05) is 61.5 Å². The molecule has 0 aromatic heterocycles. The molecule has 3 atom stereocenters. The zero-order chi connectivity index (χ0) is 25.1. The van der Waals surface area contributed by atoms with E-state index in [2.05, 4.69) is 10.6 Å². The van der Waals surface area contributed by atoms with E-state index in [1.54, 1.807) is 9.80 Å². The lowest BCUT2D eigenvalue weighted by molar-refractivity contribution is -0.151. The van der Waals surface area contributed by atoms with E-state index in [0.717, 1.165) is 16.7 Å². The molecule has 4 aliphatic rings. The minimum atomic E-state index is -0.922. The maximum Gasteiger partial charge on any atom is 0.249 e. The molecule has 8 nitrogen and oxygen atoms in total. The summed E-state index contributed by atoms with van der Waals surface area (Å²) < 4.78 is 0. The number of benzene rings is 2. The fraction of sp³-hybridized carbons (Fsp3) is 0.429. The van der Waals surface area contributed by atoms with Crippen molar-refractivity contribution in [3.63, 3.8) is 0 Å². The van der Waals surface area contributed by atoms with Crippen molar-refractivity contribution < 1.29 is 19.2 Å². The molecule has 2 aromatic carbocycles. The van der Waals surface area contributed by atoms with Gasteiger partial charge in [0.05, 0.1) is 6.54 Å². The highest BCUT2D eigenvalue weighted by Gasteiger charge is 2.66. The highest BCUT2D eigenvalue weighted by molar-refractivity contribution is 6.03. The van der Waals surface area contributed by atoms with Crippen LogP contribution in [-0.4, -0.2) is 57.1 Å². The van der Waals surface area contributed by atoms with Crippen LogP contribution in [0.1, 0.15) is 55.2 Å². The van der Waals surface area contributed by atoms with Crippen LogP contribution in [0.4, 0.5) is 0 Å². The Balaban J connectivity index is 1.22. The Labute approximate surface area is 210 Å². The molecule has 2 aromatic rings. The minimum absolute atomic E-state index is 0.0210. The fourth-order valence-corrected chi connectivity index (χ4v) is 5.93. The van der Waals surface area contributed by atoms with E-state index < -0.39 is 17.1 Å². The van der Waals surface area contributed by atoms with Crippen LogP contribution in [0.15, 0.2) is 54.6 Å². The van der Waals surface area contributed by atoms with Gasteiger partial charge in [0, 0.05) is 19.0 Å². The molecule has 2 saturated carbocycles. The first kappa shape index (κ1) is 22.8. The molecule has 6 rings (SSSR count). The fourth-order valence-electron chi connectivity index (χ4n) is 5.93. The summed E-state index contributed by atoms with van der Waals surface area (Å²) in [6, 6.07) is 17.1. The number of carbonyl (C=O) groups excluding carboxylic acids is 4. The second kappa shape index (κ2) is 8.18. The number of piperazine rings is 2. The summed E-state index contributed by atoms with van der Waals surface area (Å²) in [6.45, 7) is 2.73. The maximum atomic E-state index is 13.8. The van der Waals surface area contributed by atoms with Gasteiger partial charge in [-0.05, 0) is 42.4 Å². The molecule has 4 amide bonds. The van der Waals surface area contributed by atoms with Gasteiger partial charge in [-0.3, -0.25) is 19.2 Å². The van der Waals surface area contributed by atoms with Crippen molar-refractivity contribution in [3.8, 4) is 0 Å². The number of amides is 4. The molecule has 8 heteroatoms. The average molecular weight is 487 g/mol. The molecule has 2 aliphatic carbocycles. The number of nitrogens with zero attached hydrogens (tertiary/aromatic N) is 2. The van der Waals surface area contributed by atoms with Gasteiger partial charge in [-0.2, -0.15) is 0 Å². The molecule has 2 aliphatic heterocycles. The van der Waals surface area contributed by atoms with E-state index in [1.165, 1.54) is 0 Å². The quantitative estimate of drug-likeness (QED) is 0.651. The predicted molar refractivity (Wildman–Crippen MR) is 131 cm³/mol. The Kier molecular flexibility index (Phi) is 5.17. The minimum Gasteiger partial charge on any atom is -0.340 e. The number of hydrogen-bond donors (Lipinski definition) is 2. The zero-order valence-electron chi connectivity index (χ0n) is 20.3. The number of nitrogens with one attached hydrogen (secondary N) is 2. The standard InChI is InChI=1S/C28H30N4O4/c1-2-22-24(34)30-28(26(36)32(22)16-18-7-4-3-5-8-18)14-21(28)20-10-6-9-19(13-20)15-31-17-23(33)29-27(11-12-27)25(31)35/h3-10,13,21-22H,2,11-12,14-17H2,1H3,(H,29,33)(H,30,34). The van der Waals surface area contributed by atoms with Gasteiger partial charge in [-0.15, -0.1) is 0 Å². The highest BCUT2D eigenvalue weighted by atomic mass is 16.2. The van der Waals surface area contributed by atoms with Crippen molar-refractivity contribution in [2.75, 3.05) is 6.54 Å². The Bertz CT molecular complexity index is 1260. The number of rotatable bonds is 6. The van der Waals surface area contributed by atoms with Crippen molar-refractivity contribution in [2.24, 2.45) is 0 Å². The van der Waals surface area contributed by atoms with Gasteiger partial charge in [0.2, 0.25) is 23.6 Å². The molecule has 0 radical (unpaired) electrons. The molecule has 0 bridgehead atoms. The summed E-state index contributed by atoms with van der Waals surface area (Å²) in [5.74, 6) is -0.408. The molecule has 2 N–H and O–H groups in total. The van der Waals surface area contributed by atoms with Crippen LogP contribution < -0.4 is 10.6 Å². The Morgan fingerprint density at radius 1 is 0.889 bits per heavy atom. The molecule has 2 heterocycles. The van der Waals surface area contributed by atoms with E-state index in [-0.39, 0.29) is 36.1 Å². The van der Waals surface area contributed by atoms with Crippen LogP contribution in [0, 0.1) is 0 Å². The first-order valence-corrected chi connectivity index (χ1v) is 12.7. The lowest BCUT2D eigenvalue weighted by Crippen LogP contribution is -2.64. The van der Waals surface area contributed by atoms with E-state index >= 15 is 0 Å². The molecule has 186 valence electrons. The smallest absolute Gasteiger partial charge is 0.249 e. The van der Waals surface area contributed by atoms with Crippen molar-refractivity contribution >= 4 is 23.6 Å². The van der Waals surface area contributed by atoms with Crippen LogP contribution in [0.25, 0.3) is 0 Å². The number of hydrogen-bond acceptors (Lipinski definition) is 4. The molecule has 36 heavy (non-hydrogen) atoms. The highest BCUT2D eigenvalue weighted by Crippen LogP contribution is 2.54. The van der Waals surface area contributed by atoms with Crippen LogP contribution in [0.5, 0.6) is 0 Å². The average Bonchev–Trinajstić information content (AvgIpc) is 3.79. The molecule has 3 unspecified atom stereocenters. The Hall–Kier alpha value is -3.68. The zero-order valence-corrected chi connectivity index (χ0v) is 20.3. The summed E-state index contributed by atoms with van der Waals surface area (Å²) in [5, 5.41) is 5.90. The lowest BCUT2D eigenvalue weighted by atomic mass is 9.97. The first-order chi connectivity index (χ1) is 17.3. The molecule has 2 spiro atoms. The van der Waals surface area contributed by atoms with Crippen LogP contribution in [0.2, 0.25) is 0 Å². The van der Waals surface area contributed by atoms with Crippen molar-refractivity contribution in [1.82, 2.24) is 20.4 Å². The largest absolute Gasteiger partial charge is 0.340 e. The van der Waals surface area contributed by atoms with Gasteiger partial charge < -0.3 is 20.4 Å². The first-order valence-electron chi connectivity index (χ1n) is 12.7. The van der Waals surface area contributed by atoms with Crippen molar-refractivity contribution in [2.45, 2.75) is 68.7 Å². The van der Waals surface area contributed by atoms with Crippen LogP contribution >= 0.6 is 0 Å². The summed E-state index contributed by atoms with van der Waals surface area (Å²) in [4.78, 5) is 55.2. The Morgan fingerprint density at radius 2 is 1.64 bits per heavy atom. The summed E-state index contributed by atoms with van der Waals surface area (Å²) in [7, 11) is 0. The second-order valence-corrected chi connectivity index (χ2v) is 10.6. The van der Waals surface area contributed by atoms with Crippen LogP contribution in [-0.2, 0) is 32.3 Å². The van der Waals surface area contributed by atoms with Crippen molar-refractivity contribution in [3.05, 3.63) is 71.3 Å². The molecule has 4 fully saturated rings. The van der Waals surface area contributed by atoms with Gasteiger partial charge in [0.25, 0.3) is 0 Å². The third-order valence-corrected chi connectivity index (χ3v) is 8.10. The molecule has 2 saturated heterocycles. The van der Waals surface area contributed by atoms with Crippen molar-refractivity contribution in [1.29, 1.82) is 0 Å². The third kappa shape index (κ3) is 3.67. The summed E-state index contributed by atoms with van der Waals surface area (Å²) in [6.07, 6.45) is 2.49. The topological polar surface area (TPSA) is 98.8 Å². The molecular weight excluding hydrogens is 456 g/mol. The van der Waals surface area contributed by atoms with Gasteiger partial charge >= 0.3 is 0 Å². The third-order valence-electron chi connectivity index (χ3n) is 8.10. The SMILES string of the molecule is CCC1C(=O)NC2(CC2c2cccc(CN3CC(=O)NC4(CC4)C3=O)c2)C(=O)N1Cc1ccccc1. The van der Waals surface area contributed by atoms with Crippen LogP contribution in [0.3, 0.4) is 0 Å². The normalized spacial score (nSPS) is 28.4. The lowest BCUT2D eigenvalue weighted by Gasteiger charge is -2.39. The maximum absolute atomic E-state index is 13.8.